The maximum Gasteiger partial charge on any atom is 0.306 e. The molecule has 2 atom stereocenters. The van der Waals surface area contributed by atoms with Crippen LogP contribution in [0.15, 0.2) is 12.1 Å². The van der Waals surface area contributed by atoms with Crippen molar-refractivity contribution in [2.24, 2.45) is 0 Å². The highest BCUT2D eigenvalue weighted by molar-refractivity contribution is 6.31. The van der Waals surface area contributed by atoms with Gasteiger partial charge in [0.1, 0.15) is 11.8 Å². The molecule has 2 unspecified atom stereocenters. The van der Waals surface area contributed by atoms with Gasteiger partial charge in [-0.3, -0.25) is 14.9 Å². The Kier molecular flexibility index (Phi) is 4.65. The second-order valence-electron chi connectivity index (χ2n) is 3.79. The third kappa shape index (κ3) is 3.53. The number of nitrogen functional groups attached to an aromatic ring is 1. The molecule has 0 aliphatic heterocycles. The highest BCUT2D eigenvalue weighted by atomic mass is 35.5. The van der Waals surface area contributed by atoms with Gasteiger partial charge in [0.2, 0.25) is 0 Å². The minimum atomic E-state index is -1.69. The number of carboxylic acids is 1. The van der Waals surface area contributed by atoms with Crippen molar-refractivity contribution >= 4 is 28.9 Å². The molecule has 0 aliphatic carbocycles. The second kappa shape index (κ2) is 5.83. The van der Waals surface area contributed by atoms with Gasteiger partial charge in [-0.25, -0.2) is 0 Å². The van der Waals surface area contributed by atoms with Gasteiger partial charge in [0, 0.05) is 16.7 Å². The molecule has 5 N–H and O–H groups in total. The lowest BCUT2D eigenvalue weighted by Crippen LogP contribution is -2.22. The Morgan fingerprint density at radius 3 is 2.53 bits per heavy atom. The molecule has 8 nitrogen and oxygen atoms in total. The molecule has 1 aromatic rings. The molecular weight excluding hydrogens is 280 g/mol. The molecule has 0 bridgehead atoms. The molecular formula is C10H11ClN2O6. The Labute approximate surface area is 112 Å². The van der Waals surface area contributed by atoms with E-state index in [1.807, 2.05) is 0 Å². The van der Waals surface area contributed by atoms with Crippen LogP contribution < -0.4 is 5.73 Å². The van der Waals surface area contributed by atoms with Crippen LogP contribution in [0.5, 0.6) is 0 Å². The van der Waals surface area contributed by atoms with Gasteiger partial charge in [0.05, 0.1) is 17.4 Å². The summed E-state index contributed by atoms with van der Waals surface area (Å²) in [6.45, 7) is 0. The van der Waals surface area contributed by atoms with Gasteiger partial charge >= 0.3 is 5.97 Å². The molecule has 1 rings (SSSR count). The summed E-state index contributed by atoms with van der Waals surface area (Å²) in [7, 11) is 0. The first-order valence-electron chi connectivity index (χ1n) is 5.05. The molecule has 1 aromatic carbocycles. The van der Waals surface area contributed by atoms with Gasteiger partial charge in [-0.05, 0) is 6.07 Å². The van der Waals surface area contributed by atoms with Crippen molar-refractivity contribution in [3.05, 3.63) is 32.8 Å². The standard InChI is InChI=1S/C10H11ClN2O6/c11-4-1-5(9(12)6(2-4)13(18)19)10(17)7(14)3-8(15)16/h1-2,7,10,14,17H,3,12H2,(H,15,16). The zero-order valence-corrected chi connectivity index (χ0v) is 10.2. The summed E-state index contributed by atoms with van der Waals surface area (Å²) in [5, 5.41) is 38.4. The quantitative estimate of drug-likeness (QED) is 0.354. The van der Waals surface area contributed by atoms with Gasteiger partial charge in [0.15, 0.2) is 0 Å². The summed E-state index contributed by atoms with van der Waals surface area (Å²) in [6.07, 6.45) is -4.08. The number of carboxylic acid groups (broad SMARTS) is 1. The summed E-state index contributed by atoms with van der Waals surface area (Å²) >= 11 is 5.65. The molecule has 0 saturated carbocycles. The summed E-state index contributed by atoms with van der Waals surface area (Å²) < 4.78 is 0. The molecule has 19 heavy (non-hydrogen) atoms. The predicted molar refractivity (Wildman–Crippen MR) is 65.7 cm³/mol. The number of anilines is 1. The first kappa shape index (κ1) is 15.2. The number of nitrogens with two attached hydrogens (primary N) is 1. The molecule has 0 saturated heterocycles. The van der Waals surface area contributed by atoms with Gasteiger partial charge in [0.25, 0.3) is 5.69 Å². The number of aliphatic hydroxyl groups is 2. The van der Waals surface area contributed by atoms with Crippen molar-refractivity contribution in [1.82, 2.24) is 0 Å². The fourth-order valence-corrected chi connectivity index (χ4v) is 1.74. The van der Waals surface area contributed by atoms with E-state index in [-0.39, 0.29) is 16.3 Å². The van der Waals surface area contributed by atoms with Gasteiger partial charge in [-0.15, -0.1) is 0 Å². The van der Waals surface area contributed by atoms with Crippen LogP contribution in [0, 0.1) is 10.1 Å². The third-order valence-corrected chi connectivity index (χ3v) is 2.64. The second-order valence-corrected chi connectivity index (χ2v) is 4.23. The normalized spacial score (nSPS) is 13.8. The Bertz CT molecular complexity index is 521. The topological polar surface area (TPSA) is 147 Å². The monoisotopic (exact) mass is 290 g/mol. The van der Waals surface area contributed by atoms with Gasteiger partial charge in [-0.1, -0.05) is 11.6 Å². The zero-order valence-electron chi connectivity index (χ0n) is 9.49. The average molecular weight is 291 g/mol. The minimum Gasteiger partial charge on any atom is -0.481 e. The van der Waals surface area contributed by atoms with Crippen molar-refractivity contribution in [3.63, 3.8) is 0 Å². The molecule has 0 aliphatic rings. The number of nitro groups is 1. The highest BCUT2D eigenvalue weighted by Crippen LogP contribution is 2.34. The predicted octanol–water partition coefficient (Wildman–Crippen LogP) is 0.699. The summed E-state index contributed by atoms with van der Waals surface area (Å²) in [5.74, 6) is -1.33. The van der Waals surface area contributed by atoms with E-state index in [1.54, 1.807) is 0 Å². The number of rotatable bonds is 5. The van der Waals surface area contributed by atoms with E-state index in [1.165, 1.54) is 0 Å². The molecule has 0 spiro atoms. The van der Waals surface area contributed by atoms with E-state index >= 15 is 0 Å². The van der Waals surface area contributed by atoms with Crippen molar-refractivity contribution in [2.45, 2.75) is 18.6 Å². The number of hydrogen-bond donors (Lipinski definition) is 4. The molecule has 9 heteroatoms. The number of aliphatic carboxylic acids is 1. The number of nitro benzene ring substituents is 1. The van der Waals surface area contributed by atoms with E-state index < -0.39 is 35.2 Å². The van der Waals surface area contributed by atoms with Crippen LogP contribution in [0.25, 0.3) is 0 Å². The van der Waals surface area contributed by atoms with E-state index in [2.05, 4.69) is 0 Å². The lowest BCUT2D eigenvalue weighted by Gasteiger charge is -2.18. The maximum absolute atomic E-state index is 10.7. The first-order valence-corrected chi connectivity index (χ1v) is 5.43. The largest absolute Gasteiger partial charge is 0.481 e. The van der Waals surface area contributed by atoms with Crippen LogP contribution in [0.1, 0.15) is 18.1 Å². The van der Waals surface area contributed by atoms with Crippen LogP contribution >= 0.6 is 11.6 Å². The lowest BCUT2D eigenvalue weighted by atomic mass is 9.99. The van der Waals surface area contributed by atoms with Crippen molar-refractivity contribution < 1.29 is 25.0 Å². The molecule has 0 fully saturated rings. The van der Waals surface area contributed by atoms with E-state index in [9.17, 15) is 25.1 Å². The van der Waals surface area contributed by atoms with Crippen LogP contribution in [0.2, 0.25) is 5.02 Å². The van der Waals surface area contributed by atoms with E-state index in [4.69, 9.17) is 22.4 Å². The number of carbonyl (C=O) groups is 1. The van der Waals surface area contributed by atoms with E-state index in [0.29, 0.717) is 0 Å². The third-order valence-electron chi connectivity index (χ3n) is 2.42. The Morgan fingerprint density at radius 2 is 2.05 bits per heavy atom. The fraction of sp³-hybridized carbons (Fsp3) is 0.300. The lowest BCUT2D eigenvalue weighted by molar-refractivity contribution is -0.384. The first-order chi connectivity index (χ1) is 8.73. The minimum absolute atomic E-state index is 0.0579. The van der Waals surface area contributed by atoms with E-state index in [0.717, 1.165) is 12.1 Å². The van der Waals surface area contributed by atoms with Crippen LogP contribution in [0.3, 0.4) is 0 Å². The molecule has 0 heterocycles. The Balaban J connectivity index is 3.19. The molecule has 0 radical (unpaired) electrons. The Morgan fingerprint density at radius 1 is 1.47 bits per heavy atom. The number of halogens is 1. The van der Waals surface area contributed by atoms with Crippen LogP contribution in [-0.2, 0) is 4.79 Å². The highest BCUT2D eigenvalue weighted by Gasteiger charge is 2.27. The summed E-state index contributed by atoms with van der Waals surface area (Å²) in [4.78, 5) is 20.4. The number of nitrogens with zero attached hydrogens (tertiary/aromatic N) is 1. The number of benzene rings is 1. The van der Waals surface area contributed by atoms with Gasteiger partial charge < -0.3 is 21.1 Å². The maximum atomic E-state index is 10.7. The Hall–Kier alpha value is -1.90. The van der Waals surface area contributed by atoms with Gasteiger partial charge in [-0.2, -0.15) is 0 Å². The molecule has 0 aromatic heterocycles. The van der Waals surface area contributed by atoms with Crippen LogP contribution in [-0.4, -0.2) is 32.3 Å². The summed E-state index contributed by atoms with van der Waals surface area (Å²) in [5.41, 5.74) is 4.42. The smallest absolute Gasteiger partial charge is 0.306 e. The van der Waals surface area contributed by atoms with Crippen LogP contribution in [0.4, 0.5) is 11.4 Å². The fourth-order valence-electron chi connectivity index (χ4n) is 1.52. The SMILES string of the molecule is Nc1c(C(O)C(O)CC(=O)O)cc(Cl)cc1[N+](=O)[O-]. The average Bonchev–Trinajstić information content (AvgIpc) is 2.29. The number of aliphatic hydroxyl groups excluding tert-OH is 2. The summed E-state index contributed by atoms with van der Waals surface area (Å²) in [6, 6.07) is 2.14. The molecule has 0 amide bonds. The van der Waals surface area contributed by atoms with Crippen molar-refractivity contribution in [2.75, 3.05) is 5.73 Å². The van der Waals surface area contributed by atoms with Crippen molar-refractivity contribution in [1.29, 1.82) is 0 Å². The van der Waals surface area contributed by atoms with Crippen molar-refractivity contribution in [3.8, 4) is 0 Å². The molecule has 104 valence electrons. The zero-order chi connectivity index (χ0) is 14.7. The number of hydrogen-bond acceptors (Lipinski definition) is 6.